The van der Waals surface area contributed by atoms with Crippen molar-refractivity contribution in [3.05, 3.63) is 126 Å². The Morgan fingerprint density at radius 2 is 1.61 bits per heavy atom. The quantitative estimate of drug-likeness (QED) is 0.507. The lowest BCUT2D eigenvalue weighted by molar-refractivity contribution is 0.305. The third kappa shape index (κ3) is 5.38. The topological polar surface area (TPSA) is 87.8 Å². The Kier molecular flexibility index (Phi) is 6.10. The Morgan fingerprint density at radius 3 is 2.29 bits per heavy atom. The van der Waals surface area contributed by atoms with Crippen LogP contribution in [0.3, 0.4) is 0 Å². The molecule has 0 saturated carbocycles. The van der Waals surface area contributed by atoms with E-state index in [1.807, 2.05) is 30.3 Å². The van der Waals surface area contributed by atoms with Crippen LogP contribution in [0.2, 0.25) is 5.02 Å². The number of nitrogens with one attached hydrogen (secondary N) is 2. The van der Waals surface area contributed by atoms with Gasteiger partial charge in [-0.25, -0.2) is 0 Å². The lowest BCUT2D eigenvalue weighted by atomic mass is 10.2. The smallest absolute Gasteiger partial charge is 0.272 e. The summed E-state index contributed by atoms with van der Waals surface area (Å²) in [6.45, 7) is 0.434. The Balaban J connectivity index is 1.57. The fourth-order valence-electron chi connectivity index (χ4n) is 2.91. The zero-order valence-corrected chi connectivity index (χ0v) is 17.1. The van der Waals surface area contributed by atoms with E-state index in [1.54, 1.807) is 48.7 Å². The fourth-order valence-corrected chi connectivity index (χ4v) is 3.11. The first-order valence-electron chi connectivity index (χ1n) is 9.51. The normalized spacial score (nSPS) is 12.2. The van der Waals surface area contributed by atoms with E-state index in [-0.39, 0.29) is 10.7 Å². The molecule has 0 unspecified atom stereocenters. The monoisotopic (exact) mass is 431 g/mol. The summed E-state index contributed by atoms with van der Waals surface area (Å²) in [4.78, 5) is 34.3. The number of H-pyrrole nitrogens is 2. The second kappa shape index (κ2) is 9.28. The summed E-state index contributed by atoms with van der Waals surface area (Å²) in [5.74, 6) is 0.606. The Morgan fingerprint density at radius 1 is 0.871 bits per heavy atom. The summed E-state index contributed by atoms with van der Waals surface area (Å²) in [5.41, 5.74) is 1.42. The van der Waals surface area contributed by atoms with E-state index in [1.165, 1.54) is 6.08 Å². The number of nitrogens with zero attached hydrogens (tertiary/aromatic N) is 1. The Hall–Kier alpha value is -3.90. The molecule has 2 aromatic heterocycles. The minimum atomic E-state index is -0.431. The van der Waals surface area contributed by atoms with Crippen molar-refractivity contribution < 1.29 is 4.74 Å². The van der Waals surface area contributed by atoms with Gasteiger partial charge in [0.15, 0.2) is 0 Å². The molecule has 31 heavy (non-hydrogen) atoms. The number of halogens is 1. The lowest BCUT2D eigenvalue weighted by Crippen LogP contribution is -2.46. The highest BCUT2D eigenvalue weighted by molar-refractivity contribution is 6.30. The summed E-state index contributed by atoms with van der Waals surface area (Å²) in [6, 6.07) is 20.3. The SMILES string of the molecule is O=c1[nH]/c(=C/c2ccc(OCc3ccccc3)cn2)c(=O)[nH]/c1=C/c1cccc(Cl)c1. The van der Waals surface area contributed by atoms with Crippen molar-refractivity contribution in [2.45, 2.75) is 6.61 Å². The molecule has 0 radical (unpaired) electrons. The third-order valence-electron chi connectivity index (χ3n) is 4.45. The molecule has 2 N–H and O–H groups in total. The first kappa shape index (κ1) is 20.4. The molecular weight excluding hydrogens is 414 g/mol. The Bertz CT molecular complexity index is 1430. The van der Waals surface area contributed by atoms with Crippen LogP contribution in [0.15, 0.2) is 82.5 Å². The van der Waals surface area contributed by atoms with Gasteiger partial charge in [-0.15, -0.1) is 0 Å². The molecule has 0 fully saturated rings. The van der Waals surface area contributed by atoms with E-state index in [0.717, 1.165) is 5.56 Å². The molecule has 0 aliphatic carbocycles. The van der Waals surface area contributed by atoms with Crippen LogP contribution in [-0.4, -0.2) is 15.0 Å². The van der Waals surface area contributed by atoms with Gasteiger partial charge in [0.05, 0.1) is 11.9 Å². The van der Waals surface area contributed by atoms with E-state index >= 15 is 0 Å². The van der Waals surface area contributed by atoms with Gasteiger partial charge < -0.3 is 14.7 Å². The predicted molar refractivity (Wildman–Crippen MR) is 121 cm³/mol. The van der Waals surface area contributed by atoms with Gasteiger partial charge >= 0.3 is 0 Å². The molecule has 7 heteroatoms. The van der Waals surface area contributed by atoms with Crippen LogP contribution < -0.4 is 26.6 Å². The van der Waals surface area contributed by atoms with Gasteiger partial charge in [0.25, 0.3) is 11.1 Å². The number of ether oxygens (including phenoxy) is 1. The van der Waals surface area contributed by atoms with Crippen LogP contribution in [0.1, 0.15) is 16.8 Å². The molecule has 0 aliphatic rings. The molecule has 2 heterocycles. The molecule has 4 rings (SSSR count). The predicted octanol–water partition coefficient (Wildman–Crippen LogP) is 2.35. The number of rotatable bonds is 5. The molecule has 0 saturated heterocycles. The molecule has 0 spiro atoms. The maximum absolute atomic E-state index is 12.4. The molecule has 2 aromatic carbocycles. The average Bonchev–Trinajstić information content (AvgIpc) is 2.77. The van der Waals surface area contributed by atoms with Gasteiger partial charge in [-0.1, -0.05) is 54.1 Å². The van der Waals surface area contributed by atoms with Crippen LogP contribution in [0.5, 0.6) is 5.75 Å². The summed E-state index contributed by atoms with van der Waals surface area (Å²) in [6.07, 6.45) is 4.64. The van der Waals surface area contributed by atoms with Crippen molar-refractivity contribution in [3.63, 3.8) is 0 Å². The van der Waals surface area contributed by atoms with Crippen molar-refractivity contribution in [1.29, 1.82) is 0 Å². The maximum Gasteiger partial charge on any atom is 0.272 e. The highest BCUT2D eigenvalue weighted by Crippen LogP contribution is 2.12. The molecule has 6 nitrogen and oxygen atoms in total. The highest BCUT2D eigenvalue weighted by atomic mass is 35.5. The number of aromatic nitrogens is 3. The first-order valence-corrected chi connectivity index (χ1v) is 9.89. The van der Waals surface area contributed by atoms with Gasteiger partial charge in [-0.05, 0) is 47.5 Å². The standard InChI is InChI=1S/C24H18ClN3O3/c25-18-8-4-7-17(11-18)12-21-23(29)28-22(24(30)27-21)13-19-9-10-20(14-26-19)31-15-16-5-2-1-3-6-16/h1-14H,15H2,(H,27,30)(H,28,29)/b21-12+,22-13+. The molecule has 0 aliphatic heterocycles. The fraction of sp³-hybridized carbons (Fsp3) is 0.0417. The summed E-state index contributed by atoms with van der Waals surface area (Å²) < 4.78 is 5.71. The molecule has 0 bridgehead atoms. The third-order valence-corrected chi connectivity index (χ3v) is 4.68. The van der Waals surface area contributed by atoms with Gasteiger partial charge in [0.2, 0.25) is 0 Å². The minimum Gasteiger partial charge on any atom is -0.487 e. The zero-order valence-electron chi connectivity index (χ0n) is 16.3. The second-order valence-corrected chi connectivity index (χ2v) is 7.21. The van der Waals surface area contributed by atoms with E-state index in [9.17, 15) is 9.59 Å². The van der Waals surface area contributed by atoms with E-state index in [2.05, 4.69) is 15.0 Å². The molecule has 4 aromatic rings. The number of hydrogen-bond donors (Lipinski definition) is 2. The van der Waals surface area contributed by atoms with Crippen molar-refractivity contribution in [2.75, 3.05) is 0 Å². The van der Waals surface area contributed by atoms with Crippen molar-refractivity contribution in [1.82, 2.24) is 15.0 Å². The summed E-state index contributed by atoms with van der Waals surface area (Å²) in [7, 11) is 0. The average molecular weight is 432 g/mol. The number of benzene rings is 2. The molecule has 0 atom stereocenters. The van der Waals surface area contributed by atoms with Crippen LogP contribution in [0.25, 0.3) is 12.2 Å². The summed E-state index contributed by atoms with van der Waals surface area (Å²) >= 11 is 5.96. The van der Waals surface area contributed by atoms with Gasteiger partial charge in [-0.3, -0.25) is 14.6 Å². The largest absolute Gasteiger partial charge is 0.487 e. The van der Waals surface area contributed by atoms with Crippen molar-refractivity contribution in [2.24, 2.45) is 0 Å². The lowest BCUT2D eigenvalue weighted by Gasteiger charge is -2.05. The van der Waals surface area contributed by atoms with Crippen LogP contribution in [-0.2, 0) is 6.61 Å². The first-order chi connectivity index (χ1) is 15.1. The van der Waals surface area contributed by atoms with E-state index < -0.39 is 11.1 Å². The number of hydrogen-bond acceptors (Lipinski definition) is 4. The highest BCUT2D eigenvalue weighted by Gasteiger charge is 2.00. The van der Waals surface area contributed by atoms with Gasteiger partial charge in [0.1, 0.15) is 23.1 Å². The molecular formula is C24H18ClN3O3. The van der Waals surface area contributed by atoms with E-state index in [4.69, 9.17) is 16.3 Å². The molecule has 154 valence electrons. The maximum atomic E-state index is 12.4. The van der Waals surface area contributed by atoms with Crippen molar-refractivity contribution >= 4 is 23.8 Å². The van der Waals surface area contributed by atoms with E-state index in [0.29, 0.717) is 28.6 Å². The van der Waals surface area contributed by atoms with Crippen LogP contribution >= 0.6 is 11.6 Å². The van der Waals surface area contributed by atoms with Crippen molar-refractivity contribution in [3.8, 4) is 5.75 Å². The summed E-state index contributed by atoms with van der Waals surface area (Å²) in [5, 5.41) is 0.792. The zero-order chi connectivity index (χ0) is 21.6. The van der Waals surface area contributed by atoms with Gasteiger partial charge in [-0.2, -0.15) is 0 Å². The van der Waals surface area contributed by atoms with Crippen LogP contribution in [0.4, 0.5) is 0 Å². The molecule has 0 amide bonds. The van der Waals surface area contributed by atoms with Gasteiger partial charge in [0, 0.05) is 5.02 Å². The minimum absolute atomic E-state index is 0.110. The number of pyridine rings is 1. The number of aromatic amines is 2. The van der Waals surface area contributed by atoms with Crippen LogP contribution in [0, 0.1) is 0 Å². The second-order valence-electron chi connectivity index (χ2n) is 6.77. The Labute approximate surface area is 182 Å².